The van der Waals surface area contributed by atoms with Gasteiger partial charge in [0.05, 0.1) is 18.2 Å². The largest absolute Gasteiger partial charge is 0.465 e. The van der Waals surface area contributed by atoms with Crippen LogP contribution >= 0.6 is 15.9 Å². The summed E-state index contributed by atoms with van der Waals surface area (Å²) in [5.41, 5.74) is -0.434. The number of aromatic nitrogens is 1. The summed E-state index contributed by atoms with van der Waals surface area (Å²) >= 11 is 3.03. The number of ether oxygens (including phenoxy) is 1. The number of hydrogen-bond acceptors (Lipinski definition) is 3. The minimum atomic E-state index is -2.75. The summed E-state index contributed by atoms with van der Waals surface area (Å²) in [6.45, 7) is 1.42. The van der Waals surface area contributed by atoms with Crippen molar-refractivity contribution in [1.82, 2.24) is 4.98 Å². The van der Waals surface area contributed by atoms with Gasteiger partial charge in [-0.25, -0.2) is 18.6 Å². The van der Waals surface area contributed by atoms with E-state index in [0.29, 0.717) is 4.60 Å². The Kier molecular flexibility index (Phi) is 3.73. The number of methoxy groups -OCH3 is 1. The number of pyridine rings is 1. The summed E-state index contributed by atoms with van der Waals surface area (Å²) in [5, 5.41) is 0. The van der Waals surface area contributed by atoms with Crippen LogP contribution in [0.5, 0.6) is 0 Å². The van der Waals surface area contributed by atoms with E-state index < -0.39 is 12.4 Å². The van der Waals surface area contributed by atoms with Crippen molar-refractivity contribution in [3.05, 3.63) is 27.5 Å². The van der Waals surface area contributed by atoms with E-state index >= 15 is 0 Å². The zero-order valence-electron chi connectivity index (χ0n) is 8.05. The molecule has 82 valence electrons. The van der Waals surface area contributed by atoms with Crippen molar-refractivity contribution in [2.45, 2.75) is 13.3 Å². The van der Waals surface area contributed by atoms with Crippen LogP contribution in [0.15, 0.2) is 10.7 Å². The van der Waals surface area contributed by atoms with Gasteiger partial charge in [0.25, 0.3) is 6.43 Å². The normalized spacial score (nSPS) is 10.5. The smallest absolute Gasteiger partial charge is 0.338 e. The van der Waals surface area contributed by atoms with Gasteiger partial charge in [0, 0.05) is 5.69 Å². The molecule has 0 fully saturated rings. The van der Waals surface area contributed by atoms with Crippen molar-refractivity contribution in [3.63, 3.8) is 0 Å². The van der Waals surface area contributed by atoms with Crippen LogP contribution in [0.4, 0.5) is 8.78 Å². The lowest BCUT2D eigenvalue weighted by atomic mass is 10.1. The van der Waals surface area contributed by atoms with Gasteiger partial charge in [-0.15, -0.1) is 0 Å². The van der Waals surface area contributed by atoms with Gasteiger partial charge in [-0.3, -0.25) is 0 Å². The Morgan fingerprint density at radius 3 is 2.67 bits per heavy atom. The zero-order valence-corrected chi connectivity index (χ0v) is 9.64. The SMILES string of the molecule is COC(=O)c1cc(Br)nc(C)c1C(F)F. The lowest BCUT2D eigenvalue weighted by molar-refractivity contribution is 0.0588. The number of halogens is 3. The van der Waals surface area contributed by atoms with Crippen molar-refractivity contribution in [3.8, 4) is 0 Å². The van der Waals surface area contributed by atoms with E-state index in [1.165, 1.54) is 13.0 Å². The molecule has 0 radical (unpaired) electrons. The molecule has 0 unspecified atom stereocenters. The lowest BCUT2D eigenvalue weighted by Crippen LogP contribution is -2.09. The number of rotatable bonds is 2. The van der Waals surface area contributed by atoms with Crippen LogP contribution in [-0.4, -0.2) is 18.1 Å². The topological polar surface area (TPSA) is 39.2 Å². The molecule has 1 rings (SSSR count). The third-order valence-electron chi connectivity index (χ3n) is 1.84. The highest BCUT2D eigenvalue weighted by Crippen LogP contribution is 2.27. The molecule has 0 aliphatic heterocycles. The number of alkyl halides is 2. The predicted octanol–water partition coefficient (Wildman–Crippen LogP) is 2.88. The van der Waals surface area contributed by atoms with Crippen molar-refractivity contribution in [2.75, 3.05) is 7.11 Å². The molecule has 0 bridgehead atoms. The van der Waals surface area contributed by atoms with Crippen molar-refractivity contribution in [2.24, 2.45) is 0 Å². The standard InChI is InChI=1S/C9H8BrF2NO2/c1-4-7(8(11)12)5(9(14)15-2)3-6(10)13-4/h3,8H,1-2H3. The molecule has 0 aliphatic carbocycles. The molecule has 0 aliphatic rings. The van der Waals surface area contributed by atoms with E-state index in [9.17, 15) is 13.6 Å². The maximum absolute atomic E-state index is 12.7. The zero-order chi connectivity index (χ0) is 11.6. The molecule has 1 aromatic heterocycles. The average Bonchev–Trinajstić information content (AvgIpc) is 2.14. The number of esters is 1. The maximum Gasteiger partial charge on any atom is 0.338 e. The fourth-order valence-electron chi connectivity index (χ4n) is 1.20. The fraction of sp³-hybridized carbons (Fsp3) is 0.333. The van der Waals surface area contributed by atoms with Crippen LogP contribution in [-0.2, 0) is 4.74 Å². The first-order valence-corrected chi connectivity index (χ1v) is 4.80. The molecule has 0 amide bonds. The molecule has 0 spiro atoms. The van der Waals surface area contributed by atoms with E-state index in [0.717, 1.165) is 7.11 Å². The molecule has 15 heavy (non-hydrogen) atoms. The molecule has 3 nitrogen and oxygen atoms in total. The Morgan fingerprint density at radius 2 is 2.20 bits per heavy atom. The second-order valence-electron chi connectivity index (χ2n) is 2.78. The summed E-state index contributed by atoms with van der Waals surface area (Å²) in [5.74, 6) is -0.795. The van der Waals surface area contributed by atoms with Crippen molar-refractivity contribution >= 4 is 21.9 Å². The Morgan fingerprint density at radius 1 is 1.60 bits per heavy atom. The molecule has 0 saturated carbocycles. The number of carbonyl (C=O) groups is 1. The molecule has 0 atom stereocenters. The molecular weight excluding hydrogens is 272 g/mol. The Labute approximate surface area is 93.6 Å². The minimum Gasteiger partial charge on any atom is -0.465 e. The summed E-state index contributed by atoms with van der Waals surface area (Å²) in [6, 6.07) is 1.22. The second-order valence-corrected chi connectivity index (χ2v) is 3.60. The van der Waals surface area contributed by atoms with E-state index in [-0.39, 0.29) is 16.8 Å². The Bertz CT molecular complexity index is 396. The monoisotopic (exact) mass is 279 g/mol. The molecular formula is C9H8BrF2NO2. The van der Waals surface area contributed by atoms with Gasteiger partial charge in [-0.2, -0.15) is 0 Å². The van der Waals surface area contributed by atoms with Crippen LogP contribution < -0.4 is 0 Å². The van der Waals surface area contributed by atoms with Gasteiger partial charge in [0.15, 0.2) is 0 Å². The summed E-state index contributed by atoms with van der Waals surface area (Å²) < 4.78 is 30.0. The first kappa shape index (κ1) is 12.0. The highest BCUT2D eigenvalue weighted by atomic mass is 79.9. The van der Waals surface area contributed by atoms with Crippen LogP contribution in [0.2, 0.25) is 0 Å². The number of aryl methyl sites for hydroxylation is 1. The first-order valence-electron chi connectivity index (χ1n) is 4.01. The number of nitrogens with zero attached hydrogens (tertiary/aromatic N) is 1. The van der Waals surface area contributed by atoms with E-state index in [1.807, 2.05) is 0 Å². The van der Waals surface area contributed by atoms with Gasteiger partial charge in [-0.1, -0.05) is 0 Å². The first-order chi connectivity index (χ1) is 6.97. The molecule has 6 heteroatoms. The Balaban J connectivity index is 3.40. The molecule has 1 aromatic rings. The van der Waals surface area contributed by atoms with Crippen LogP contribution in [0, 0.1) is 6.92 Å². The molecule has 0 N–H and O–H groups in total. The van der Waals surface area contributed by atoms with Crippen molar-refractivity contribution < 1.29 is 18.3 Å². The quantitative estimate of drug-likeness (QED) is 0.617. The van der Waals surface area contributed by atoms with Gasteiger partial charge in [0.2, 0.25) is 0 Å². The third kappa shape index (κ3) is 2.50. The highest BCUT2D eigenvalue weighted by molar-refractivity contribution is 9.10. The van der Waals surface area contributed by atoms with Crippen LogP contribution in [0.25, 0.3) is 0 Å². The fourth-order valence-corrected chi connectivity index (χ4v) is 1.69. The van der Waals surface area contributed by atoms with Crippen molar-refractivity contribution in [1.29, 1.82) is 0 Å². The summed E-state index contributed by atoms with van der Waals surface area (Å²) in [4.78, 5) is 15.0. The Hall–Kier alpha value is -1.04. The number of hydrogen-bond donors (Lipinski definition) is 0. The van der Waals surface area contributed by atoms with Gasteiger partial charge >= 0.3 is 5.97 Å². The highest BCUT2D eigenvalue weighted by Gasteiger charge is 2.22. The average molecular weight is 280 g/mol. The second kappa shape index (κ2) is 4.65. The minimum absolute atomic E-state index is 0.111. The van der Waals surface area contributed by atoms with Gasteiger partial charge in [-0.05, 0) is 28.9 Å². The molecule has 0 aromatic carbocycles. The third-order valence-corrected chi connectivity index (χ3v) is 2.25. The van der Waals surface area contributed by atoms with E-state index in [2.05, 4.69) is 25.7 Å². The van der Waals surface area contributed by atoms with Crippen LogP contribution in [0.3, 0.4) is 0 Å². The van der Waals surface area contributed by atoms with Gasteiger partial charge < -0.3 is 4.74 Å². The summed E-state index contributed by atoms with van der Waals surface area (Å²) in [7, 11) is 1.14. The van der Waals surface area contributed by atoms with Gasteiger partial charge in [0.1, 0.15) is 4.60 Å². The van der Waals surface area contributed by atoms with Crippen LogP contribution in [0.1, 0.15) is 28.0 Å². The number of carbonyl (C=O) groups excluding carboxylic acids is 1. The molecule has 1 heterocycles. The van der Waals surface area contributed by atoms with E-state index in [1.54, 1.807) is 0 Å². The maximum atomic E-state index is 12.7. The lowest BCUT2D eigenvalue weighted by Gasteiger charge is -2.09. The van der Waals surface area contributed by atoms with E-state index in [4.69, 9.17) is 0 Å². The summed E-state index contributed by atoms with van der Waals surface area (Å²) in [6.07, 6.45) is -2.75. The molecule has 0 saturated heterocycles. The predicted molar refractivity (Wildman–Crippen MR) is 53.0 cm³/mol.